The number of hydrogen-bond acceptors (Lipinski definition) is 2. The fraction of sp³-hybridized carbons (Fsp3) is 0.920. The third kappa shape index (κ3) is 25.5. The van der Waals surface area contributed by atoms with E-state index in [1.165, 1.54) is 122 Å². The van der Waals surface area contributed by atoms with E-state index in [9.17, 15) is 0 Å². The topological polar surface area (TPSA) is 32.3 Å². The van der Waals surface area contributed by atoms with E-state index in [0.29, 0.717) is 0 Å². The van der Waals surface area contributed by atoms with Crippen molar-refractivity contribution in [1.82, 2.24) is 5.32 Å². The standard InChI is InChI=1S/C25H51NO/c1-3-4-5-6-7-8-9-10-11-12-13-14-15-16-17-18-19-20-21-22-23-24-26-25(2)27/h23-27H,3-22H2,1-2H3. The average Bonchev–Trinajstić information content (AvgIpc) is 2.65. The van der Waals surface area contributed by atoms with Crippen LogP contribution in [0.1, 0.15) is 142 Å². The third-order valence-electron chi connectivity index (χ3n) is 5.43. The monoisotopic (exact) mass is 381 g/mol. The lowest BCUT2D eigenvalue weighted by atomic mass is 10.0. The lowest BCUT2D eigenvalue weighted by Gasteiger charge is -2.04. The van der Waals surface area contributed by atoms with E-state index in [2.05, 4.69) is 18.3 Å². The van der Waals surface area contributed by atoms with Crippen molar-refractivity contribution in [3.63, 3.8) is 0 Å². The van der Waals surface area contributed by atoms with Gasteiger partial charge in [-0.1, -0.05) is 129 Å². The van der Waals surface area contributed by atoms with Gasteiger partial charge in [0.1, 0.15) is 6.23 Å². The largest absolute Gasteiger partial charge is 0.374 e. The van der Waals surface area contributed by atoms with Crippen molar-refractivity contribution in [2.24, 2.45) is 0 Å². The molecular formula is C25H51NO. The van der Waals surface area contributed by atoms with Crippen LogP contribution >= 0.6 is 0 Å². The SMILES string of the molecule is CCCCCCCCCCCCCCCCCCCCCC=CNC(C)O. The predicted octanol–water partition coefficient (Wildman–Crippen LogP) is 8.25. The van der Waals surface area contributed by atoms with E-state index < -0.39 is 6.23 Å². The first kappa shape index (κ1) is 26.5. The highest BCUT2D eigenvalue weighted by Gasteiger charge is 1.95. The van der Waals surface area contributed by atoms with Gasteiger partial charge in [0.05, 0.1) is 0 Å². The molecular weight excluding hydrogens is 330 g/mol. The zero-order valence-corrected chi connectivity index (χ0v) is 18.8. The number of nitrogens with one attached hydrogen (secondary N) is 1. The first-order valence-corrected chi connectivity index (χ1v) is 12.4. The summed E-state index contributed by atoms with van der Waals surface area (Å²) < 4.78 is 0. The van der Waals surface area contributed by atoms with Gasteiger partial charge in [-0.15, -0.1) is 0 Å². The number of hydrogen-bond donors (Lipinski definition) is 2. The van der Waals surface area contributed by atoms with E-state index in [1.54, 1.807) is 6.92 Å². The molecule has 0 aliphatic rings. The van der Waals surface area contributed by atoms with Crippen LogP contribution in [0.25, 0.3) is 0 Å². The molecule has 0 amide bonds. The molecule has 0 aromatic heterocycles. The molecule has 0 aliphatic heterocycles. The molecule has 1 atom stereocenters. The number of allylic oxidation sites excluding steroid dienone is 1. The number of unbranched alkanes of at least 4 members (excludes halogenated alkanes) is 19. The van der Waals surface area contributed by atoms with Crippen LogP contribution in [0.3, 0.4) is 0 Å². The summed E-state index contributed by atoms with van der Waals surface area (Å²) in [6.07, 6.45) is 31.9. The molecule has 0 bridgehead atoms. The van der Waals surface area contributed by atoms with Crippen LogP contribution in [-0.4, -0.2) is 11.3 Å². The molecule has 0 radical (unpaired) electrons. The van der Waals surface area contributed by atoms with E-state index in [0.717, 1.165) is 6.42 Å². The number of rotatable bonds is 22. The van der Waals surface area contributed by atoms with Crippen molar-refractivity contribution >= 4 is 0 Å². The Morgan fingerprint density at radius 2 is 0.926 bits per heavy atom. The summed E-state index contributed by atoms with van der Waals surface area (Å²) in [5, 5.41) is 11.9. The summed E-state index contributed by atoms with van der Waals surface area (Å²) >= 11 is 0. The Hall–Kier alpha value is -0.500. The van der Waals surface area contributed by atoms with Crippen molar-refractivity contribution in [3.8, 4) is 0 Å². The van der Waals surface area contributed by atoms with Crippen molar-refractivity contribution < 1.29 is 5.11 Å². The van der Waals surface area contributed by atoms with Crippen molar-refractivity contribution in [2.45, 2.75) is 148 Å². The predicted molar refractivity (Wildman–Crippen MR) is 122 cm³/mol. The second kappa shape index (κ2) is 23.5. The van der Waals surface area contributed by atoms with Crippen LogP contribution in [0, 0.1) is 0 Å². The summed E-state index contributed by atoms with van der Waals surface area (Å²) in [5.41, 5.74) is 0. The summed E-state index contributed by atoms with van der Waals surface area (Å²) in [7, 11) is 0. The molecule has 0 fully saturated rings. The quantitative estimate of drug-likeness (QED) is 0.146. The molecule has 2 nitrogen and oxygen atoms in total. The fourth-order valence-corrected chi connectivity index (χ4v) is 3.63. The second-order valence-corrected chi connectivity index (χ2v) is 8.40. The first-order valence-electron chi connectivity index (χ1n) is 12.4. The molecule has 27 heavy (non-hydrogen) atoms. The van der Waals surface area contributed by atoms with Crippen LogP contribution in [-0.2, 0) is 0 Å². The minimum absolute atomic E-state index is 0.439. The van der Waals surface area contributed by atoms with Crippen LogP contribution in [0.5, 0.6) is 0 Å². The minimum atomic E-state index is -0.439. The van der Waals surface area contributed by atoms with Crippen LogP contribution in [0.2, 0.25) is 0 Å². The summed E-state index contributed by atoms with van der Waals surface area (Å²) in [5.74, 6) is 0. The van der Waals surface area contributed by atoms with Gasteiger partial charge in [-0.05, 0) is 26.0 Å². The lowest BCUT2D eigenvalue weighted by molar-refractivity contribution is 0.173. The van der Waals surface area contributed by atoms with Gasteiger partial charge in [0.25, 0.3) is 0 Å². The van der Waals surface area contributed by atoms with Gasteiger partial charge in [-0.2, -0.15) is 0 Å². The van der Waals surface area contributed by atoms with Crippen LogP contribution in [0.15, 0.2) is 12.3 Å². The molecule has 0 aliphatic carbocycles. The van der Waals surface area contributed by atoms with E-state index >= 15 is 0 Å². The average molecular weight is 382 g/mol. The number of aliphatic hydroxyl groups is 1. The Balaban J connectivity index is 3.02. The summed E-state index contributed by atoms with van der Waals surface area (Å²) in [6, 6.07) is 0. The van der Waals surface area contributed by atoms with Gasteiger partial charge in [0.15, 0.2) is 0 Å². The molecule has 0 aromatic rings. The van der Waals surface area contributed by atoms with Crippen LogP contribution in [0.4, 0.5) is 0 Å². The molecule has 0 spiro atoms. The zero-order chi connectivity index (χ0) is 19.8. The maximum atomic E-state index is 9.06. The van der Waals surface area contributed by atoms with E-state index in [-0.39, 0.29) is 0 Å². The smallest absolute Gasteiger partial charge is 0.121 e. The van der Waals surface area contributed by atoms with Crippen molar-refractivity contribution in [3.05, 3.63) is 12.3 Å². The van der Waals surface area contributed by atoms with Crippen molar-refractivity contribution in [2.75, 3.05) is 0 Å². The van der Waals surface area contributed by atoms with Gasteiger partial charge >= 0.3 is 0 Å². The highest BCUT2D eigenvalue weighted by atomic mass is 16.3. The van der Waals surface area contributed by atoms with Crippen molar-refractivity contribution in [1.29, 1.82) is 0 Å². The number of aliphatic hydroxyl groups excluding tert-OH is 1. The lowest BCUT2D eigenvalue weighted by Crippen LogP contribution is -2.18. The molecule has 0 saturated heterocycles. The molecule has 0 aromatic carbocycles. The molecule has 2 heteroatoms. The summed E-state index contributed by atoms with van der Waals surface area (Å²) in [6.45, 7) is 4.03. The molecule has 0 heterocycles. The minimum Gasteiger partial charge on any atom is -0.374 e. The maximum absolute atomic E-state index is 9.06. The Morgan fingerprint density at radius 1 is 0.593 bits per heavy atom. The highest BCUT2D eigenvalue weighted by molar-refractivity contribution is 4.79. The van der Waals surface area contributed by atoms with Gasteiger partial charge < -0.3 is 10.4 Å². The Kier molecular flexibility index (Phi) is 23.1. The Labute approximate surface area is 171 Å². The Morgan fingerprint density at radius 3 is 1.26 bits per heavy atom. The van der Waals surface area contributed by atoms with E-state index in [4.69, 9.17) is 5.11 Å². The molecule has 1 unspecified atom stereocenters. The van der Waals surface area contributed by atoms with Gasteiger partial charge in [0.2, 0.25) is 0 Å². The van der Waals surface area contributed by atoms with E-state index in [1.807, 2.05) is 6.20 Å². The maximum Gasteiger partial charge on any atom is 0.121 e. The third-order valence-corrected chi connectivity index (χ3v) is 5.43. The molecule has 0 saturated carbocycles. The normalized spacial score (nSPS) is 12.7. The van der Waals surface area contributed by atoms with Gasteiger partial charge in [0, 0.05) is 0 Å². The molecule has 2 N–H and O–H groups in total. The van der Waals surface area contributed by atoms with Gasteiger partial charge in [-0.25, -0.2) is 0 Å². The summed E-state index contributed by atoms with van der Waals surface area (Å²) in [4.78, 5) is 0. The van der Waals surface area contributed by atoms with Gasteiger partial charge in [-0.3, -0.25) is 0 Å². The highest BCUT2D eigenvalue weighted by Crippen LogP contribution is 2.14. The molecule has 0 rings (SSSR count). The second-order valence-electron chi connectivity index (χ2n) is 8.40. The Bertz CT molecular complexity index is 288. The van der Waals surface area contributed by atoms with Crippen LogP contribution < -0.4 is 5.32 Å². The zero-order valence-electron chi connectivity index (χ0n) is 18.8. The first-order chi connectivity index (χ1) is 13.3. The fourth-order valence-electron chi connectivity index (χ4n) is 3.63. The molecule has 162 valence electrons.